The number of nitrogens with zero attached hydrogens (tertiary/aromatic N) is 4. The molecule has 1 aromatic heterocycles. The van der Waals surface area contributed by atoms with Crippen LogP contribution in [0.3, 0.4) is 0 Å². The van der Waals surface area contributed by atoms with Crippen molar-refractivity contribution in [1.29, 1.82) is 0 Å². The number of amides is 1. The lowest BCUT2D eigenvalue weighted by molar-refractivity contribution is -0.132. The van der Waals surface area contributed by atoms with E-state index in [9.17, 15) is 9.59 Å². The minimum atomic E-state index is -0.371. The Hall–Kier alpha value is -2.47. The van der Waals surface area contributed by atoms with Crippen molar-refractivity contribution in [3.05, 3.63) is 64.8 Å². The van der Waals surface area contributed by atoms with E-state index in [0.717, 1.165) is 32.6 Å². The van der Waals surface area contributed by atoms with Gasteiger partial charge >= 0.3 is 5.69 Å². The number of benzene rings is 1. The highest BCUT2D eigenvalue weighted by atomic mass is 16.2. The Balaban J connectivity index is 1.45. The summed E-state index contributed by atoms with van der Waals surface area (Å²) in [5.74, 6) is 0.519. The number of rotatable bonds is 4. The first-order chi connectivity index (χ1) is 12.7. The predicted molar refractivity (Wildman–Crippen MR) is 98.4 cm³/mol. The van der Waals surface area contributed by atoms with Crippen molar-refractivity contribution in [1.82, 2.24) is 19.4 Å². The zero-order valence-corrected chi connectivity index (χ0v) is 14.8. The van der Waals surface area contributed by atoms with Crippen LogP contribution in [-0.2, 0) is 17.9 Å². The second kappa shape index (κ2) is 7.41. The summed E-state index contributed by atoms with van der Waals surface area (Å²) in [6, 6.07) is 12.6. The first kappa shape index (κ1) is 17.0. The monoisotopic (exact) mass is 352 g/mol. The van der Waals surface area contributed by atoms with E-state index in [0.29, 0.717) is 12.0 Å². The molecule has 0 saturated carbocycles. The molecule has 0 aliphatic carbocycles. The lowest BCUT2D eigenvalue weighted by Gasteiger charge is -2.36. The van der Waals surface area contributed by atoms with Crippen molar-refractivity contribution in [3.8, 4) is 0 Å². The van der Waals surface area contributed by atoms with Crippen molar-refractivity contribution in [2.75, 3.05) is 19.6 Å². The first-order valence-corrected chi connectivity index (χ1v) is 9.26. The molecule has 5 rings (SSSR count). The normalized spacial score (nSPS) is 23.0. The first-order valence-electron chi connectivity index (χ1n) is 9.26. The Bertz CT molecular complexity index is 820. The number of hydrogen-bond donors (Lipinski definition) is 0. The molecule has 2 aromatic rings. The fourth-order valence-electron chi connectivity index (χ4n) is 4.15. The van der Waals surface area contributed by atoms with Gasteiger partial charge in [0.15, 0.2) is 0 Å². The van der Waals surface area contributed by atoms with Gasteiger partial charge < -0.3 is 4.90 Å². The van der Waals surface area contributed by atoms with Gasteiger partial charge in [-0.3, -0.25) is 14.3 Å². The van der Waals surface area contributed by atoms with Crippen LogP contribution in [0.25, 0.3) is 0 Å². The van der Waals surface area contributed by atoms with Gasteiger partial charge in [-0.1, -0.05) is 30.3 Å². The molecule has 6 heteroatoms. The number of piperidine rings is 1. The third kappa shape index (κ3) is 3.70. The molecule has 0 unspecified atom stereocenters. The van der Waals surface area contributed by atoms with Crippen LogP contribution in [0.4, 0.5) is 0 Å². The van der Waals surface area contributed by atoms with Gasteiger partial charge in [0.1, 0.15) is 6.54 Å². The maximum atomic E-state index is 12.8. The molecule has 3 fully saturated rings. The Morgan fingerprint density at radius 2 is 1.92 bits per heavy atom. The maximum Gasteiger partial charge on any atom is 0.347 e. The molecule has 26 heavy (non-hydrogen) atoms. The smallest absolute Gasteiger partial charge is 0.339 e. The third-order valence-corrected chi connectivity index (χ3v) is 5.50. The van der Waals surface area contributed by atoms with Gasteiger partial charge in [-0.25, -0.2) is 9.78 Å². The molecule has 6 nitrogen and oxygen atoms in total. The van der Waals surface area contributed by atoms with Crippen molar-refractivity contribution < 1.29 is 4.79 Å². The Morgan fingerprint density at radius 3 is 2.73 bits per heavy atom. The van der Waals surface area contributed by atoms with E-state index in [1.165, 1.54) is 22.7 Å². The number of fused-ring (bicyclic) bond motifs is 4. The molecule has 2 bridgehead atoms. The van der Waals surface area contributed by atoms with Crippen LogP contribution in [-0.4, -0.2) is 50.9 Å². The van der Waals surface area contributed by atoms with Crippen molar-refractivity contribution in [3.63, 3.8) is 0 Å². The van der Waals surface area contributed by atoms with E-state index in [-0.39, 0.29) is 18.1 Å². The average Bonchev–Trinajstić information content (AvgIpc) is 2.96. The Morgan fingerprint density at radius 1 is 1.08 bits per heavy atom. The van der Waals surface area contributed by atoms with Gasteiger partial charge in [-0.15, -0.1) is 0 Å². The summed E-state index contributed by atoms with van der Waals surface area (Å²) in [5.41, 5.74) is 0.948. The van der Waals surface area contributed by atoms with Crippen LogP contribution < -0.4 is 5.69 Å². The summed E-state index contributed by atoms with van der Waals surface area (Å²) in [5, 5.41) is 0. The zero-order chi connectivity index (χ0) is 17.9. The van der Waals surface area contributed by atoms with Crippen LogP contribution in [0, 0.1) is 5.92 Å². The van der Waals surface area contributed by atoms with Gasteiger partial charge in [0.05, 0.1) is 0 Å². The maximum absolute atomic E-state index is 12.8. The van der Waals surface area contributed by atoms with Gasteiger partial charge in [-0.05, 0) is 30.4 Å². The molecule has 136 valence electrons. The van der Waals surface area contributed by atoms with Gasteiger partial charge in [0, 0.05) is 44.6 Å². The molecule has 1 amide bonds. The molecule has 3 aliphatic rings. The molecule has 3 saturated heterocycles. The topological polar surface area (TPSA) is 58.4 Å². The second-order valence-corrected chi connectivity index (χ2v) is 7.34. The zero-order valence-electron chi connectivity index (χ0n) is 14.8. The Kier molecular flexibility index (Phi) is 4.84. The molecular formula is C20H24N4O2. The van der Waals surface area contributed by atoms with E-state index in [4.69, 9.17) is 0 Å². The third-order valence-electron chi connectivity index (χ3n) is 5.50. The summed E-state index contributed by atoms with van der Waals surface area (Å²) in [6.07, 6.45) is 5.39. The van der Waals surface area contributed by atoms with Gasteiger partial charge in [0.25, 0.3) is 0 Å². The van der Waals surface area contributed by atoms with E-state index < -0.39 is 0 Å². The fraction of sp³-hybridized carbons (Fsp3) is 0.450. The van der Waals surface area contributed by atoms with E-state index in [1.807, 2.05) is 11.0 Å². The van der Waals surface area contributed by atoms with Crippen molar-refractivity contribution in [2.24, 2.45) is 5.92 Å². The van der Waals surface area contributed by atoms with Gasteiger partial charge in [-0.2, -0.15) is 0 Å². The average molecular weight is 352 g/mol. The lowest BCUT2D eigenvalue weighted by atomic mass is 9.94. The highest BCUT2D eigenvalue weighted by Gasteiger charge is 2.36. The molecule has 2 atom stereocenters. The van der Waals surface area contributed by atoms with Crippen LogP contribution in [0.2, 0.25) is 0 Å². The molecule has 3 aliphatic heterocycles. The summed E-state index contributed by atoms with van der Waals surface area (Å²) in [6.45, 7) is 3.58. The minimum absolute atomic E-state index is 0.0126. The lowest BCUT2D eigenvalue weighted by Crippen LogP contribution is -2.44. The number of hydrogen-bond acceptors (Lipinski definition) is 4. The van der Waals surface area contributed by atoms with E-state index >= 15 is 0 Å². The SMILES string of the molecule is O=C(Cn1cccnc1=O)N1C[C@@H]2CC[C@H](C1)N(Cc1ccccc1)C2. The summed E-state index contributed by atoms with van der Waals surface area (Å²) in [4.78, 5) is 32.7. The van der Waals surface area contributed by atoms with E-state index in [1.54, 1.807) is 12.3 Å². The highest BCUT2D eigenvalue weighted by molar-refractivity contribution is 5.76. The summed E-state index contributed by atoms with van der Waals surface area (Å²) >= 11 is 0. The van der Waals surface area contributed by atoms with Gasteiger partial charge in [0.2, 0.25) is 5.91 Å². The number of carbonyl (C=O) groups excluding carboxylic acids is 1. The Labute approximate surface area is 153 Å². The number of carbonyl (C=O) groups is 1. The van der Waals surface area contributed by atoms with Crippen molar-refractivity contribution in [2.45, 2.75) is 32.0 Å². The summed E-state index contributed by atoms with van der Waals surface area (Å²) < 4.78 is 1.39. The standard InChI is InChI=1S/C20H24N4O2/c25-19(15-22-10-4-9-21-20(22)26)24-13-17-7-8-18(14-24)23(12-17)11-16-5-2-1-3-6-16/h1-6,9-10,17-18H,7-8,11-15H2/t17-,18-/m1/s1. The fourth-order valence-corrected chi connectivity index (χ4v) is 4.15. The highest BCUT2D eigenvalue weighted by Crippen LogP contribution is 2.29. The molecule has 4 heterocycles. The minimum Gasteiger partial charge on any atom is -0.339 e. The largest absolute Gasteiger partial charge is 0.347 e. The molecule has 0 spiro atoms. The molecule has 1 aromatic carbocycles. The van der Waals surface area contributed by atoms with Crippen LogP contribution in [0.15, 0.2) is 53.6 Å². The number of aromatic nitrogens is 2. The molecule has 0 radical (unpaired) electrons. The van der Waals surface area contributed by atoms with E-state index in [2.05, 4.69) is 34.1 Å². The van der Waals surface area contributed by atoms with Crippen LogP contribution in [0.1, 0.15) is 18.4 Å². The quantitative estimate of drug-likeness (QED) is 0.834. The van der Waals surface area contributed by atoms with Crippen molar-refractivity contribution >= 4 is 5.91 Å². The van der Waals surface area contributed by atoms with Crippen LogP contribution in [0.5, 0.6) is 0 Å². The second-order valence-electron chi connectivity index (χ2n) is 7.34. The predicted octanol–water partition coefficient (Wildman–Crippen LogP) is 1.37. The van der Waals surface area contributed by atoms with Crippen LogP contribution >= 0.6 is 0 Å². The molecular weight excluding hydrogens is 328 g/mol. The summed E-state index contributed by atoms with van der Waals surface area (Å²) in [7, 11) is 0. The molecule has 0 N–H and O–H groups in total.